The van der Waals surface area contributed by atoms with Gasteiger partial charge in [-0.1, -0.05) is 13.8 Å². The van der Waals surface area contributed by atoms with E-state index in [0.29, 0.717) is 6.07 Å². The van der Waals surface area contributed by atoms with E-state index in [-0.39, 0.29) is 23.3 Å². The van der Waals surface area contributed by atoms with Crippen LogP contribution in [0.1, 0.15) is 38.4 Å². The van der Waals surface area contributed by atoms with Crippen molar-refractivity contribution in [1.82, 2.24) is 0 Å². The highest BCUT2D eigenvalue weighted by Gasteiger charge is 2.39. The molecule has 0 spiro atoms. The minimum absolute atomic E-state index is 0.183. The molecule has 0 saturated carbocycles. The number of rotatable bonds is 5. The predicted molar refractivity (Wildman–Crippen MR) is 64.5 cm³/mol. The lowest BCUT2D eigenvalue weighted by Gasteiger charge is -2.34. The lowest BCUT2D eigenvalue weighted by atomic mass is 9.87. The fourth-order valence-electron chi connectivity index (χ4n) is 2.06. The summed E-state index contributed by atoms with van der Waals surface area (Å²) >= 11 is 0. The summed E-state index contributed by atoms with van der Waals surface area (Å²) in [5.41, 5.74) is -2.19. The van der Waals surface area contributed by atoms with Crippen molar-refractivity contribution in [3.8, 4) is 0 Å². The molecule has 1 aromatic carbocycles. The number of benzene rings is 1. The first kappa shape index (κ1) is 16.1. The quantitative estimate of drug-likeness (QED) is 0.351. The van der Waals surface area contributed by atoms with Gasteiger partial charge in [0.2, 0.25) is 0 Å². The highest BCUT2D eigenvalue weighted by molar-refractivity contribution is 5.98. The van der Waals surface area contributed by atoms with E-state index >= 15 is 0 Å². The third-order valence-corrected chi connectivity index (χ3v) is 4.28. The van der Waals surface area contributed by atoms with E-state index in [2.05, 4.69) is 0 Å². The average molecular weight is 298 g/mol. The van der Waals surface area contributed by atoms with Crippen LogP contribution in [0.2, 0.25) is 0 Å². The van der Waals surface area contributed by atoms with Crippen LogP contribution in [0.25, 0.3) is 0 Å². The number of hydrogen-bond acceptors (Lipinski definition) is 1. The van der Waals surface area contributed by atoms with Crippen molar-refractivity contribution < 1.29 is 26.4 Å². The SMILES string of the molecule is CCC(CC)(O[SiH3])C(F)c1cc(F)c(F)c(F)c1F. The first-order valence-corrected chi connectivity index (χ1v) is 6.68. The second kappa shape index (κ2) is 6.00. The highest BCUT2D eigenvalue weighted by atomic mass is 28.2. The Hall–Kier alpha value is -0.953. The van der Waals surface area contributed by atoms with Gasteiger partial charge in [-0.3, -0.25) is 0 Å². The van der Waals surface area contributed by atoms with Gasteiger partial charge in [-0.15, -0.1) is 0 Å². The maximum absolute atomic E-state index is 14.4. The molecular weight excluding hydrogens is 283 g/mol. The smallest absolute Gasteiger partial charge is 0.197 e. The Bertz CT molecular complexity index is 454. The van der Waals surface area contributed by atoms with E-state index in [4.69, 9.17) is 4.43 Å². The van der Waals surface area contributed by atoms with E-state index in [0.717, 1.165) is 0 Å². The summed E-state index contributed by atoms with van der Waals surface area (Å²) in [6.45, 7) is 3.25. The van der Waals surface area contributed by atoms with Crippen LogP contribution in [0.4, 0.5) is 22.0 Å². The maximum Gasteiger partial charge on any atom is 0.197 e. The summed E-state index contributed by atoms with van der Waals surface area (Å²) in [7, 11) is 0.183. The normalized spacial score (nSPS) is 13.8. The monoisotopic (exact) mass is 298 g/mol. The molecule has 0 radical (unpaired) electrons. The topological polar surface area (TPSA) is 9.23 Å². The standard InChI is InChI=1S/C12H15F5OSi/c1-3-12(4-2,18-19)11(17)6-5-7(13)9(15)10(16)8(6)14/h5,11H,3-4H2,1-2,19H3. The van der Waals surface area contributed by atoms with Crippen LogP contribution in [0.3, 0.4) is 0 Å². The fourth-order valence-corrected chi connectivity index (χ4v) is 2.84. The molecule has 0 fully saturated rings. The average Bonchev–Trinajstić information content (AvgIpc) is 2.43. The van der Waals surface area contributed by atoms with Crippen LogP contribution in [-0.4, -0.2) is 16.1 Å². The molecule has 0 aromatic heterocycles. The molecule has 0 bridgehead atoms. The van der Waals surface area contributed by atoms with E-state index in [9.17, 15) is 22.0 Å². The van der Waals surface area contributed by atoms with Gasteiger partial charge in [0.05, 0.1) is 5.60 Å². The van der Waals surface area contributed by atoms with E-state index in [1.165, 1.54) is 0 Å². The molecule has 1 aromatic rings. The first-order chi connectivity index (χ1) is 8.84. The Morgan fingerprint density at radius 2 is 1.63 bits per heavy atom. The predicted octanol–water partition coefficient (Wildman–Crippen LogP) is 3.11. The second-order valence-electron chi connectivity index (χ2n) is 4.23. The molecule has 19 heavy (non-hydrogen) atoms. The molecular formula is C12H15F5OSi. The van der Waals surface area contributed by atoms with Crippen molar-refractivity contribution in [3.63, 3.8) is 0 Å². The zero-order valence-corrected chi connectivity index (χ0v) is 12.9. The summed E-state index contributed by atoms with van der Waals surface area (Å²) in [5, 5.41) is 0. The van der Waals surface area contributed by atoms with Gasteiger partial charge in [-0.05, 0) is 18.9 Å². The van der Waals surface area contributed by atoms with Crippen molar-refractivity contribution in [2.24, 2.45) is 0 Å². The summed E-state index contributed by atoms with van der Waals surface area (Å²) < 4.78 is 72.2. The van der Waals surface area contributed by atoms with E-state index < -0.39 is 40.6 Å². The Morgan fingerprint density at radius 3 is 2.05 bits per heavy atom. The van der Waals surface area contributed by atoms with Gasteiger partial charge >= 0.3 is 0 Å². The highest BCUT2D eigenvalue weighted by Crippen LogP contribution is 2.39. The zero-order valence-electron chi connectivity index (χ0n) is 10.9. The molecule has 0 amide bonds. The van der Waals surface area contributed by atoms with Crippen molar-refractivity contribution in [1.29, 1.82) is 0 Å². The van der Waals surface area contributed by atoms with Gasteiger partial charge in [-0.2, -0.15) is 0 Å². The van der Waals surface area contributed by atoms with Crippen LogP contribution in [0.15, 0.2) is 6.07 Å². The number of hydrogen-bond donors (Lipinski definition) is 0. The van der Waals surface area contributed by atoms with Crippen molar-refractivity contribution in [2.45, 2.75) is 38.5 Å². The van der Waals surface area contributed by atoms with Gasteiger partial charge in [0, 0.05) is 5.56 Å². The van der Waals surface area contributed by atoms with Gasteiger partial charge in [0.25, 0.3) is 0 Å². The Balaban J connectivity index is 3.38. The fraction of sp³-hybridized carbons (Fsp3) is 0.500. The van der Waals surface area contributed by atoms with Crippen LogP contribution >= 0.6 is 0 Å². The number of alkyl halides is 1. The molecule has 0 saturated heterocycles. The summed E-state index contributed by atoms with van der Waals surface area (Å²) in [6.07, 6.45) is -1.66. The van der Waals surface area contributed by atoms with Gasteiger partial charge in [-0.25, -0.2) is 22.0 Å². The molecule has 1 rings (SSSR count). The first-order valence-electron chi connectivity index (χ1n) is 5.86. The van der Waals surface area contributed by atoms with Crippen molar-refractivity contribution in [3.05, 3.63) is 34.9 Å². The molecule has 7 heteroatoms. The molecule has 108 valence electrons. The largest absolute Gasteiger partial charge is 0.419 e. The second-order valence-corrected chi connectivity index (χ2v) is 4.64. The van der Waals surface area contributed by atoms with E-state index in [1.54, 1.807) is 13.8 Å². The Labute approximate surface area is 111 Å². The molecule has 0 aliphatic carbocycles. The molecule has 0 N–H and O–H groups in total. The Kier molecular flexibility index (Phi) is 5.09. The van der Waals surface area contributed by atoms with Crippen LogP contribution in [-0.2, 0) is 4.43 Å². The van der Waals surface area contributed by atoms with Crippen LogP contribution < -0.4 is 0 Å². The van der Waals surface area contributed by atoms with Gasteiger partial charge < -0.3 is 4.43 Å². The Morgan fingerprint density at radius 1 is 1.11 bits per heavy atom. The molecule has 0 aliphatic heterocycles. The molecule has 1 unspecified atom stereocenters. The van der Waals surface area contributed by atoms with Crippen LogP contribution in [0, 0.1) is 23.3 Å². The minimum Gasteiger partial charge on any atom is -0.419 e. The third kappa shape index (κ3) is 2.67. The van der Waals surface area contributed by atoms with Gasteiger partial charge in [0.1, 0.15) is 10.5 Å². The summed E-state index contributed by atoms with van der Waals surface area (Å²) in [4.78, 5) is 0. The van der Waals surface area contributed by atoms with Crippen molar-refractivity contribution >= 4 is 10.5 Å². The molecule has 0 heterocycles. The summed E-state index contributed by atoms with van der Waals surface area (Å²) in [6, 6.07) is 0.346. The molecule has 0 aliphatic rings. The molecule has 1 atom stereocenters. The van der Waals surface area contributed by atoms with Crippen molar-refractivity contribution in [2.75, 3.05) is 0 Å². The maximum atomic E-state index is 14.4. The van der Waals surface area contributed by atoms with Crippen LogP contribution in [0.5, 0.6) is 0 Å². The third-order valence-electron chi connectivity index (χ3n) is 3.47. The zero-order chi connectivity index (χ0) is 14.8. The molecule has 1 nitrogen and oxygen atoms in total. The van der Waals surface area contributed by atoms with Gasteiger partial charge in [0.15, 0.2) is 29.4 Å². The lowest BCUT2D eigenvalue weighted by Crippen LogP contribution is -2.36. The summed E-state index contributed by atoms with van der Waals surface area (Å²) in [5.74, 6) is -7.28. The number of halogens is 5. The minimum atomic E-state index is -2.07. The van der Waals surface area contributed by atoms with E-state index in [1.807, 2.05) is 0 Å². The lowest BCUT2D eigenvalue weighted by molar-refractivity contribution is -0.0155.